The molecule has 0 saturated carbocycles. The van der Waals surface area contributed by atoms with Crippen molar-refractivity contribution in [3.8, 4) is 17.1 Å². The SMILES string of the molecule is COC(=O)Nc1cc(Nc2cccc(-c3noc(CCS(C)(=O)=O)n3)c2OC)c(C(N)=O)nn1. The maximum atomic E-state index is 11.8. The number of nitrogens with zero attached hydrogens (tertiary/aromatic N) is 4. The molecular weight excluding hydrogens is 470 g/mol. The molecule has 3 rings (SSSR count). The lowest BCUT2D eigenvalue weighted by Gasteiger charge is -2.15. The van der Waals surface area contributed by atoms with Gasteiger partial charge < -0.3 is 25.0 Å². The zero-order chi connectivity index (χ0) is 24.9. The highest BCUT2D eigenvalue weighted by molar-refractivity contribution is 7.90. The highest BCUT2D eigenvalue weighted by Crippen LogP contribution is 2.37. The van der Waals surface area contributed by atoms with Crippen LogP contribution in [0.25, 0.3) is 11.4 Å². The number of carbonyl (C=O) groups is 2. The number of hydrogen-bond acceptors (Lipinski definition) is 12. The van der Waals surface area contributed by atoms with Gasteiger partial charge >= 0.3 is 6.09 Å². The maximum absolute atomic E-state index is 11.8. The standard InChI is InChI=1S/C19H21N7O7S/c1-31-16-10(18-23-14(33-26-18)7-8-34(3,29)30)5-4-6-11(16)21-12-9-13(22-19(28)32-2)24-25-15(12)17(20)27/h4-6,9H,7-8H2,1-3H3,(H2,20,27)(H2,21,22,24,28). The van der Waals surface area contributed by atoms with Crippen LogP contribution in [-0.4, -0.2) is 67.0 Å². The lowest BCUT2D eigenvalue weighted by Crippen LogP contribution is -2.18. The fraction of sp³-hybridized carbons (Fsp3) is 0.263. The topological polar surface area (TPSA) is 202 Å². The Balaban J connectivity index is 1.96. The van der Waals surface area contributed by atoms with E-state index < -0.39 is 21.8 Å². The zero-order valence-electron chi connectivity index (χ0n) is 18.4. The van der Waals surface area contributed by atoms with Crippen molar-refractivity contribution < 1.29 is 32.0 Å². The van der Waals surface area contributed by atoms with Crippen LogP contribution in [0.15, 0.2) is 28.8 Å². The predicted octanol–water partition coefficient (Wildman–Crippen LogP) is 1.14. The molecule has 1 aromatic carbocycles. The van der Waals surface area contributed by atoms with E-state index >= 15 is 0 Å². The van der Waals surface area contributed by atoms with Gasteiger partial charge in [0.2, 0.25) is 11.7 Å². The van der Waals surface area contributed by atoms with Crippen molar-refractivity contribution in [3.05, 3.63) is 35.9 Å². The van der Waals surface area contributed by atoms with Crippen molar-refractivity contribution in [2.75, 3.05) is 36.9 Å². The number of para-hydroxylation sites is 1. The van der Waals surface area contributed by atoms with Gasteiger partial charge in [0.05, 0.1) is 36.9 Å². The minimum Gasteiger partial charge on any atom is -0.494 e. The number of rotatable bonds is 9. The molecule has 0 fully saturated rings. The number of nitrogens with two attached hydrogens (primary N) is 1. The summed E-state index contributed by atoms with van der Waals surface area (Å²) in [5.41, 5.74) is 6.15. The summed E-state index contributed by atoms with van der Waals surface area (Å²) in [6, 6.07) is 6.32. The Hall–Kier alpha value is -4.27. The third kappa shape index (κ3) is 5.94. The number of amides is 2. The molecule has 0 aliphatic rings. The Morgan fingerprint density at radius 2 is 1.94 bits per heavy atom. The van der Waals surface area contributed by atoms with Crippen molar-refractivity contribution in [2.24, 2.45) is 5.73 Å². The van der Waals surface area contributed by atoms with E-state index in [2.05, 4.69) is 35.7 Å². The molecule has 3 aromatic rings. The number of sulfone groups is 1. The van der Waals surface area contributed by atoms with E-state index in [1.807, 2.05) is 0 Å². The van der Waals surface area contributed by atoms with Crippen molar-refractivity contribution in [1.82, 2.24) is 20.3 Å². The van der Waals surface area contributed by atoms with Crippen LogP contribution in [0.4, 0.5) is 22.0 Å². The maximum Gasteiger partial charge on any atom is 0.412 e. The number of ether oxygens (including phenoxy) is 2. The average Bonchev–Trinajstić information content (AvgIpc) is 3.26. The minimum absolute atomic E-state index is 0.00292. The zero-order valence-corrected chi connectivity index (χ0v) is 19.2. The number of nitrogens with one attached hydrogen (secondary N) is 2. The van der Waals surface area contributed by atoms with E-state index in [0.29, 0.717) is 11.3 Å². The van der Waals surface area contributed by atoms with Gasteiger partial charge in [-0.05, 0) is 12.1 Å². The number of primary amides is 1. The molecule has 14 nitrogen and oxygen atoms in total. The third-order valence-electron chi connectivity index (χ3n) is 4.33. The van der Waals surface area contributed by atoms with E-state index in [-0.39, 0.29) is 46.8 Å². The molecule has 0 aliphatic heterocycles. The number of anilines is 3. The van der Waals surface area contributed by atoms with Crippen LogP contribution in [0.5, 0.6) is 5.75 Å². The summed E-state index contributed by atoms with van der Waals surface area (Å²) < 4.78 is 38.0. The largest absolute Gasteiger partial charge is 0.494 e. The van der Waals surface area contributed by atoms with Crippen LogP contribution >= 0.6 is 0 Å². The van der Waals surface area contributed by atoms with Gasteiger partial charge in [-0.25, -0.2) is 13.2 Å². The van der Waals surface area contributed by atoms with Crippen LogP contribution < -0.4 is 21.1 Å². The second-order valence-corrected chi connectivity index (χ2v) is 9.14. The van der Waals surface area contributed by atoms with Gasteiger partial charge in [0, 0.05) is 18.7 Å². The normalized spacial score (nSPS) is 11.0. The number of methoxy groups -OCH3 is 2. The molecule has 2 amide bonds. The predicted molar refractivity (Wildman–Crippen MR) is 120 cm³/mol. The summed E-state index contributed by atoms with van der Waals surface area (Å²) in [4.78, 5) is 27.6. The van der Waals surface area contributed by atoms with E-state index in [1.54, 1.807) is 18.2 Å². The molecule has 0 unspecified atom stereocenters. The van der Waals surface area contributed by atoms with E-state index in [0.717, 1.165) is 6.26 Å². The average molecular weight is 491 g/mol. The van der Waals surface area contributed by atoms with Crippen LogP contribution in [-0.2, 0) is 21.0 Å². The number of hydrogen-bond donors (Lipinski definition) is 3. The Labute approximate surface area is 193 Å². The van der Waals surface area contributed by atoms with Gasteiger partial charge in [-0.2, -0.15) is 4.98 Å². The molecule has 0 bridgehead atoms. The molecule has 0 saturated heterocycles. The molecule has 180 valence electrons. The molecule has 34 heavy (non-hydrogen) atoms. The van der Waals surface area contributed by atoms with Gasteiger partial charge in [-0.3, -0.25) is 10.1 Å². The van der Waals surface area contributed by atoms with Crippen LogP contribution in [0, 0.1) is 0 Å². The molecular formula is C19H21N7O7S. The Bertz CT molecular complexity index is 1320. The van der Waals surface area contributed by atoms with Crippen LogP contribution in [0.3, 0.4) is 0 Å². The van der Waals surface area contributed by atoms with E-state index in [1.165, 1.54) is 20.3 Å². The van der Waals surface area contributed by atoms with Gasteiger partial charge in [0.15, 0.2) is 17.3 Å². The van der Waals surface area contributed by atoms with Gasteiger partial charge in [-0.1, -0.05) is 11.2 Å². The highest BCUT2D eigenvalue weighted by atomic mass is 32.2. The lowest BCUT2D eigenvalue weighted by molar-refractivity contribution is 0.0995. The van der Waals surface area contributed by atoms with E-state index in [9.17, 15) is 18.0 Å². The van der Waals surface area contributed by atoms with Gasteiger partial charge in [0.1, 0.15) is 9.84 Å². The Morgan fingerprint density at radius 1 is 1.18 bits per heavy atom. The number of aryl methyl sites for hydroxylation is 1. The first-order chi connectivity index (χ1) is 16.1. The van der Waals surface area contributed by atoms with Crippen molar-refractivity contribution in [2.45, 2.75) is 6.42 Å². The molecule has 0 radical (unpaired) electrons. The molecule has 0 spiro atoms. The summed E-state index contributed by atoms with van der Waals surface area (Å²) >= 11 is 0. The van der Waals surface area contributed by atoms with Crippen molar-refractivity contribution in [3.63, 3.8) is 0 Å². The summed E-state index contributed by atoms with van der Waals surface area (Å²) in [7, 11) is -0.605. The molecule has 4 N–H and O–H groups in total. The minimum atomic E-state index is -3.20. The van der Waals surface area contributed by atoms with Gasteiger partial charge in [-0.15, -0.1) is 10.2 Å². The number of benzene rings is 1. The molecule has 0 aliphatic carbocycles. The summed E-state index contributed by atoms with van der Waals surface area (Å²) in [5.74, 6) is -0.395. The fourth-order valence-electron chi connectivity index (χ4n) is 2.80. The monoisotopic (exact) mass is 491 g/mol. The molecule has 0 atom stereocenters. The first-order valence-electron chi connectivity index (χ1n) is 9.58. The molecule has 2 aromatic heterocycles. The second-order valence-electron chi connectivity index (χ2n) is 6.88. The summed E-state index contributed by atoms with van der Waals surface area (Å²) in [6.45, 7) is 0. The summed E-state index contributed by atoms with van der Waals surface area (Å²) in [6.07, 6.45) is 0.394. The summed E-state index contributed by atoms with van der Waals surface area (Å²) in [5, 5.41) is 16.7. The quantitative estimate of drug-likeness (QED) is 0.386. The molecule has 2 heterocycles. The van der Waals surface area contributed by atoms with Crippen molar-refractivity contribution in [1.29, 1.82) is 0 Å². The first-order valence-corrected chi connectivity index (χ1v) is 11.6. The van der Waals surface area contributed by atoms with Crippen molar-refractivity contribution >= 4 is 39.0 Å². The van der Waals surface area contributed by atoms with Gasteiger partial charge in [0.25, 0.3) is 5.91 Å². The number of aromatic nitrogens is 4. The Kier molecular flexibility index (Phi) is 7.25. The van der Waals surface area contributed by atoms with Crippen LogP contribution in [0.2, 0.25) is 0 Å². The third-order valence-corrected chi connectivity index (χ3v) is 5.27. The van der Waals surface area contributed by atoms with Crippen LogP contribution in [0.1, 0.15) is 16.4 Å². The lowest BCUT2D eigenvalue weighted by atomic mass is 10.1. The van der Waals surface area contributed by atoms with E-state index in [4.69, 9.17) is 15.0 Å². The fourth-order valence-corrected chi connectivity index (χ4v) is 3.35. The highest BCUT2D eigenvalue weighted by Gasteiger charge is 2.20. The first kappa shape index (κ1) is 24.4. The number of carbonyl (C=O) groups excluding carboxylic acids is 2. The molecule has 15 heteroatoms. The second kappa shape index (κ2) is 10.1. The smallest absolute Gasteiger partial charge is 0.412 e. The Morgan fingerprint density at radius 3 is 2.59 bits per heavy atom.